The number of thioether (sulfide) groups is 1. The molecule has 0 fully saturated rings. The minimum Gasteiger partial charge on any atom is -0.457 e. The first-order valence-corrected chi connectivity index (χ1v) is 9.65. The predicted octanol–water partition coefficient (Wildman–Crippen LogP) is 6.08. The number of aryl methyl sites for hydroxylation is 1. The topological polar surface area (TPSA) is 42.6 Å². The van der Waals surface area contributed by atoms with E-state index >= 15 is 0 Å². The van der Waals surface area contributed by atoms with Crippen molar-refractivity contribution in [2.45, 2.75) is 6.92 Å². The molecule has 1 aromatic heterocycles. The van der Waals surface area contributed by atoms with Crippen LogP contribution in [-0.2, 0) is 4.79 Å². The SMILES string of the molecule is Cc1ccc(C2=NC(=O)/C(=C/c3ccc(-c4ccc(Br)cc4)o3)S2)cc1. The molecule has 0 bridgehead atoms. The van der Waals surface area contributed by atoms with Crippen LogP contribution in [0.5, 0.6) is 0 Å². The van der Waals surface area contributed by atoms with E-state index in [-0.39, 0.29) is 5.91 Å². The summed E-state index contributed by atoms with van der Waals surface area (Å²) in [7, 11) is 0. The second-order valence-electron chi connectivity index (χ2n) is 5.91. The summed E-state index contributed by atoms with van der Waals surface area (Å²) in [6.07, 6.45) is 1.75. The van der Waals surface area contributed by atoms with Crippen molar-refractivity contribution in [3.63, 3.8) is 0 Å². The van der Waals surface area contributed by atoms with Crippen molar-refractivity contribution < 1.29 is 9.21 Å². The quantitative estimate of drug-likeness (QED) is 0.479. The summed E-state index contributed by atoms with van der Waals surface area (Å²) in [4.78, 5) is 17.0. The summed E-state index contributed by atoms with van der Waals surface area (Å²) in [6.45, 7) is 2.03. The molecule has 1 aliphatic heterocycles. The number of halogens is 1. The summed E-state index contributed by atoms with van der Waals surface area (Å²) in [6, 6.07) is 19.7. The van der Waals surface area contributed by atoms with Crippen LogP contribution in [0.3, 0.4) is 0 Å². The molecular formula is C21H14BrNO2S. The van der Waals surface area contributed by atoms with Crippen LogP contribution in [0.25, 0.3) is 17.4 Å². The molecule has 0 spiro atoms. The lowest BCUT2D eigenvalue weighted by molar-refractivity contribution is -0.113. The first-order valence-electron chi connectivity index (χ1n) is 8.04. The number of hydrogen-bond acceptors (Lipinski definition) is 3. The molecule has 5 heteroatoms. The fraction of sp³-hybridized carbons (Fsp3) is 0.0476. The van der Waals surface area contributed by atoms with Gasteiger partial charge in [0.2, 0.25) is 0 Å². The molecule has 0 N–H and O–H groups in total. The number of nitrogens with zero attached hydrogens (tertiary/aromatic N) is 1. The molecule has 1 aliphatic rings. The maximum Gasteiger partial charge on any atom is 0.285 e. The van der Waals surface area contributed by atoms with E-state index in [1.54, 1.807) is 6.08 Å². The molecule has 0 saturated heterocycles. The van der Waals surface area contributed by atoms with Crippen LogP contribution in [0.1, 0.15) is 16.9 Å². The second kappa shape index (κ2) is 7.09. The molecule has 26 heavy (non-hydrogen) atoms. The average molecular weight is 424 g/mol. The minimum atomic E-state index is -0.229. The number of carbonyl (C=O) groups excluding carboxylic acids is 1. The molecule has 1 amide bonds. The fourth-order valence-corrected chi connectivity index (χ4v) is 3.72. The Kier molecular flexibility index (Phi) is 4.66. The lowest BCUT2D eigenvalue weighted by Gasteiger charge is -1.99. The normalized spacial score (nSPS) is 15.5. The second-order valence-corrected chi connectivity index (χ2v) is 7.85. The summed E-state index contributed by atoms with van der Waals surface area (Å²) in [5, 5.41) is 0.723. The molecule has 0 radical (unpaired) electrons. The zero-order chi connectivity index (χ0) is 18.1. The van der Waals surface area contributed by atoms with Crippen LogP contribution in [0.15, 0.2) is 79.5 Å². The fourth-order valence-electron chi connectivity index (χ4n) is 2.56. The number of rotatable bonds is 3. The van der Waals surface area contributed by atoms with Crippen LogP contribution in [0.2, 0.25) is 0 Å². The molecule has 0 saturated carbocycles. The third-order valence-corrected chi connectivity index (χ3v) is 5.51. The van der Waals surface area contributed by atoms with Gasteiger partial charge in [0.1, 0.15) is 16.6 Å². The number of aliphatic imine (C=N–C) groups is 1. The molecule has 2 heterocycles. The van der Waals surface area contributed by atoms with Crippen molar-refractivity contribution in [3.8, 4) is 11.3 Å². The number of benzene rings is 2. The van der Waals surface area contributed by atoms with E-state index in [1.165, 1.54) is 17.3 Å². The van der Waals surface area contributed by atoms with Crippen molar-refractivity contribution >= 4 is 44.7 Å². The highest BCUT2D eigenvalue weighted by Gasteiger charge is 2.23. The molecule has 3 nitrogen and oxygen atoms in total. The Labute approximate surface area is 164 Å². The average Bonchev–Trinajstić information content (AvgIpc) is 3.24. The van der Waals surface area contributed by atoms with Crippen LogP contribution in [0.4, 0.5) is 0 Å². The molecule has 0 aliphatic carbocycles. The van der Waals surface area contributed by atoms with Gasteiger partial charge in [-0.25, -0.2) is 4.99 Å². The van der Waals surface area contributed by atoms with E-state index in [2.05, 4.69) is 20.9 Å². The van der Waals surface area contributed by atoms with Crippen molar-refractivity contribution in [2.75, 3.05) is 0 Å². The summed E-state index contributed by atoms with van der Waals surface area (Å²) in [5.74, 6) is 1.17. The molecule has 2 aromatic carbocycles. The highest BCUT2D eigenvalue weighted by molar-refractivity contribution is 9.10. The van der Waals surface area contributed by atoms with E-state index in [4.69, 9.17) is 4.42 Å². The Morgan fingerprint density at radius 2 is 1.65 bits per heavy atom. The predicted molar refractivity (Wildman–Crippen MR) is 110 cm³/mol. The van der Waals surface area contributed by atoms with E-state index in [1.807, 2.05) is 67.6 Å². The maximum atomic E-state index is 12.2. The minimum absolute atomic E-state index is 0.229. The smallest absolute Gasteiger partial charge is 0.285 e. The van der Waals surface area contributed by atoms with E-state index in [0.29, 0.717) is 10.7 Å². The number of hydrogen-bond donors (Lipinski definition) is 0. The van der Waals surface area contributed by atoms with Crippen LogP contribution in [0, 0.1) is 6.92 Å². The molecule has 3 aromatic rings. The Bertz CT molecular complexity index is 1030. The van der Waals surface area contributed by atoms with Crippen LogP contribution >= 0.6 is 27.7 Å². The lowest BCUT2D eigenvalue weighted by atomic mass is 10.2. The monoisotopic (exact) mass is 423 g/mol. The van der Waals surface area contributed by atoms with Crippen LogP contribution in [-0.4, -0.2) is 11.0 Å². The van der Waals surface area contributed by atoms with Crippen molar-refractivity contribution in [1.29, 1.82) is 0 Å². The summed E-state index contributed by atoms with van der Waals surface area (Å²) < 4.78 is 6.89. The first kappa shape index (κ1) is 17.1. The van der Waals surface area contributed by atoms with Gasteiger partial charge in [-0.15, -0.1) is 0 Å². The van der Waals surface area contributed by atoms with Crippen molar-refractivity contribution in [2.24, 2.45) is 4.99 Å². The largest absolute Gasteiger partial charge is 0.457 e. The zero-order valence-corrected chi connectivity index (χ0v) is 16.3. The lowest BCUT2D eigenvalue weighted by Crippen LogP contribution is -1.90. The Balaban J connectivity index is 1.55. The van der Waals surface area contributed by atoms with E-state index in [0.717, 1.165) is 26.4 Å². The van der Waals surface area contributed by atoms with Gasteiger partial charge in [0.25, 0.3) is 5.91 Å². The van der Waals surface area contributed by atoms with Gasteiger partial charge in [-0.2, -0.15) is 0 Å². The number of amides is 1. The van der Waals surface area contributed by atoms with Gasteiger partial charge in [-0.3, -0.25) is 4.79 Å². The van der Waals surface area contributed by atoms with Gasteiger partial charge in [0, 0.05) is 21.7 Å². The first-order chi connectivity index (χ1) is 12.6. The van der Waals surface area contributed by atoms with Gasteiger partial charge >= 0.3 is 0 Å². The zero-order valence-electron chi connectivity index (χ0n) is 13.9. The van der Waals surface area contributed by atoms with Gasteiger partial charge in [0.15, 0.2) is 0 Å². The molecule has 0 atom stereocenters. The number of carbonyl (C=O) groups is 1. The Morgan fingerprint density at radius 1 is 0.962 bits per heavy atom. The van der Waals surface area contributed by atoms with E-state index < -0.39 is 0 Å². The van der Waals surface area contributed by atoms with Crippen molar-refractivity contribution in [1.82, 2.24) is 0 Å². The Hall–Kier alpha value is -2.37. The molecular weight excluding hydrogens is 410 g/mol. The van der Waals surface area contributed by atoms with Gasteiger partial charge in [-0.05, 0) is 31.2 Å². The Morgan fingerprint density at radius 3 is 2.38 bits per heavy atom. The molecule has 4 rings (SSSR count). The summed E-state index contributed by atoms with van der Waals surface area (Å²) >= 11 is 4.80. The van der Waals surface area contributed by atoms with Gasteiger partial charge in [-0.1, -0.05) is 69.7 Å². The molecule has 128 valence electrons. The number of furan rings is 1. The highest BCUT2D eigenvalue weighted by atomic mass is 79.9. The van der Waals surface area contributed by atoms with Crippen LogP contribution < -0.4 is 0 Å². The third kappa shape index (κ3) is 3.59. The van der Waals surface area contributed by atoms with E-state index in [9.17, 15) is 4.79 Å². The summed E-state index contributed by atoms with van der Waals surface area (Å²) in [5.41, 5.74) is 3.11. The van der Waals surface area contributed by atoms with Crippen molar-refractivity contribution in [3.05, 3.63) is 86.9 Å². The maximum absolute atomic E-state index is 12.2. The molecule has 0 unspecified atom stereocenters. The van der Waals surface area contributed by atoms with Gasteiger partial charge < -0.3 is 4.42 Å². The van der Waals surface area contributed by atoms with Gasteiger partial charge in [0.05, 0.1) is 4.91 Å². The highest BCUT2D eigenvalue weighted by Crippen LogP contribution is 2.33. The third-order valence-electron chi connectivity index (χ3n) is 3.95. The standard InChI is InChI=1S/C21H14BrNO2S/c1-13-2-4-15(5-3-13)21-23-20(24)19(26-21)12-17-10-11-18(25-17)14-6-8-16(22)9-7-14/h2-12H,1H3/b19-12-.